The average molecular weight is 387 g/mol. The summed E-state index contributed by atoms with van der Waals surface area (Å²) in [4.78, 5) is 41.5. The number of nitrogens with zero attached hydrogens (tertiary/aromatic N) is 1. The van der Waals surface area contributed by atoms with Gasteiger partial charge in [-0.05, 0) is 11.6 Å². The summed E-state index contributed by atoms with van der Waals surface area (Å²) < 4.78 is 5.26. The fourth-order valence-corrected chi connectivity index (χ4v) is 2.60. The number of aliphatic carboxylic acids is 1. The average Bonchev–Trinajstić information content (AvgIpc) is 2.72. The fourth-order valence-electron chi connectivity index (χ4n) is 2.60. The molecule has 2 N–H and O–H groups in total. The topological polar surface area (TPSA) is 113 Å². The van der Waals surface area contributed by atoms with Crippen LogP contribution in [0.1, 0.15) is 23.7 Å². The molecule has 0 unspecified atom stereocenters. The second kappa shape index (κ2) is 9.52. The van der Waals surface area contributed by atoms with Gasteiger partial charge in [0, 0.05) is 12.0 Å². The quantitative estimate of drug-likeness (QED) is 0.700. The summed E-state index contributed by atoms with van der Waals surface area (Å²) in [5.74, 6) is -3.03. The highest BCUT2D eigenvalue weighted by molar-refractivity contribution is 6.00. The van der Waals surface area contributed by atoms with Crippen LogP contribution in [0.4, 0.5) is 0 Å². The van der Waals surface area contributed by atoms with Gasteiger partial charge in [-0.15, -0.1) is 0 Å². The number of methoxy groups -OCH3 is 1. The lowest BCUT2D eigenvalue weighted by Crippen LogP contribution is -2.48. The zero-order chi connectivity index (χ0) is 20.7. The van der Waals surface area contributed by atoms with Crippen LogP contribution in [0.2, 0.25) is 0 Å². The second-order valence-corrected chi connectivity index (χ2v) is 5.74. The number of amides is 1. The third kappa shape index (κ3) is 4.47. The van der Waals surface area contributed by atoms with Crippen molar-refractivity contribution >= 4 is 17.8 Å². The van der Waals surface area contributed by atoms with E-state index in [4.69, 9.17) is 9.57 Å². The van der Waals surface area contributed by atoms with E-state index in [1.54, 1.807) is 42.5 Å². The predicted octanol–water partition coefficient (Wildman–Crippen LogP) is 2.12. The number of carbonyl (C=O) groups is 3. The van der Waals surface area contributed by atoms with Gasteiger partial charge in [0.15, 0.2) is 6.04 Å². The van der Waals surface area contributed by atoms with Crippen molar-refractivity contribution in [2.24, 2.45) is 0 Å². The Labute approximate surface area is 161 Å². The second-order valence-electron chi connectivity index (χ2n) is 5.74. The number of carboxylic acids is 1. The van der Waals surface area contributed by atoms with Gasteiger partial charge in [0.25, 0.3) is 5.91 Å². The third-order valence-corrected chi connectivity index (χ3v) is 4.01. The van der Waals surface area contributed by atoms with Crippen LogP contribution in [-0.4, -0.2) is 52.9 Å². The Morgan fingerprint density at radius 2 is 1.75 bits per heavy atom. The van der Waals surface area contributed by atoms with Gasteiger partial charge in [-0.2, -0.15) is 5.06 Å². The molecule has 0 aliphatic heterocycles. The van der Waals surface area contributed by atoms with Crippen LogP contribution >= 0.6 is 0 Å². The van der Waals surface area contributed by atoms with E-state index in [0.29, 0.717) is 16.2 Å². The molecule has 28 heavy (non-hydrogen) atoms. The smallest absolute Gasteiger partial charge is 0.367 e. The maximum Gasteiger partial charge on any atom is 0.367 e. The number of carboxylic acid groups (broad SMARTS) is 1. The van der Waals surface area contributed by atoms with E-state index in [-0.39, 0.29) is 17.7 Å². The van der Waals surface area contributed by atoms with E-state index in [1.165, 1.54) is 14.0 Å². The summed E-state index contributed by atoms with van der Waals surface area (Å²) in [6.07, 6.45) is -0.117. The monoisotopic (exact) mass is 387 g/mol. The molecule has 0 spiro atoms. The number of carbonyl (C=O) groups excluding carboxylic acids is 2. The first kappa shape index (κ1) is 20.9. The minimum atomic E-state index is -1.72. The zero-order valence-electron chi connectivity index (χ0n) is 15.5. The molecular weight excluding hydrogens is 366 g/mol. The first-order chi connectivity index (χ1) is 13.4. The van der Waals surface area contributed by atoms with Gasteiger partial charge in [0.1, 0.15) is 11.3 Å². The van der Waals surface area contributed by atoms with Gasteiger partial charge >= 0.3 is 11.9 Å². The van der Waals surface area contributed by atoms with Gasteiger partial charge in [0.2, 0.25) is 0 Å². The number of rotatable bonds is 7. The van der Waals surface area contributed by atoms with Crippen molar-refractivity contribution in [1.29, 1.82) is 0 Å². The molecule has 0 fully saturated rings. The van der Waals surface area contributed by atoms with Gasteiger partial charge < -0.3 is 19.8 Å². The molecule has 0 aliphatic carbocycles. The summed E-state index contributed by atoms with van der Waals surface area (Å²) in [5.41, 5.74) is 1.23. The predicted molar refractivity (Wildman–Crippen MR) is 99.5 cm³/mol. The van der Waals surface area contributed by atoms with E-state index in [1.807, 2.05) is 6.07 Å². The van der Waals surface area contributed by atoms with E-state index >= 15 is 0 Å². The SMILES string of the molecule is CCC(=O)N(OC(=O)c1c(OC)cccc1-c1ccccc1)[C@@H](CO)C(=O)O. The molecule has 2 rings (SSSR count). The molecule has 8 nitrogen and oxygen atoms in total. The van der Waals surface area contributed by atoms with Crippen molar-refractivity contribution in [3.63, 3.8) is 0 Å². The van der Waals surface area contributed by atoms with Crippen molar-refractivity contribution in [1.82, 2.24) is 5.06 Å². The van der Waals surface area contributed by atoms with E-state index in [0.717, 1.165) is 0 Å². The van der Waals surface area contributed by atoms with Gasteiger partial charge in [0.05, 0.1) is 13.7 Å². The summed E-state index contributed by atoms with van der Waals surface area (Å²) >= 11 is 0. The maximum absolute atomic E-state index is 12.9. The van der Waals surface area contributed by atoms with Crippen molar-refractivity contribution in [3.8, 4) is 16.9 Å². The molecule has 0 bridgehead atoms. The van der Waals surface area contributed by atoms with E-state index < -0.39 is 30.5 Å². The minimum Gasteiger partial charge on any atom is -0.496 e. The molecule has 0 heterocycles. The Morgan fingerprint density at radius 1 is 1.07 bits per heavy atom. The first-order valence-corrected chi connectivity index (χ1v) is 8.55. The molecular formula is C20H21NO7. The van der Waals surface area contributed by atoms with Gasteiger partial charge in [-0.25, -0.2) is 9.59 Å². The highest BCUT2D eigenvalue weighted by Gasteiger charge is 2.33. The number of hydroxylamine groups is 2. The van der Waals surface area contributed by atoms with Crippen LogP contribution in [0.3, 0.4) is 0 Å². The molecule has 1 amide bonds. The lowest BCUT2D eigenvalue weighted by atomic mass is 9.99. The van der Waals surface area contributed by atoms with Gasteiger partial charge in [-0.1, -0.05) is 49.4 Å². The van der Waals surface area contributed by atoms with Crippen LogP contribution in [0.25, 0.3) is 11.1 Å². The molecule has 2 aromatic rings. The third-order valence-electron chi connectivity index (χ3n) is 4.01. The fraction of sp³-hybridized carbons (Fsp3) is 0.250. The molecule has 8 heteroatoms. The van der Waals surface area contributed by atoms with Crippen molar-refractivity contribution in [2.75, 3.05) is 13.7 Å². The van der Waals surface area contributed by atoms with Gasteiger partial charge in [-0.3, -0.25) is 4.79 Å². The number of aliphatic hydroxyl groups excluding tert-OH is 1. The largest absolute Gasteiger partial charge is 0.496 e. The molecule has 0 saturated carbocycles. The summed E-state index contributed by atoms with van der Waals surface area (Å²) in [6, 6.07) is 12.2. The lowest BCUT2D eigenvalue weighted by molar-refractivity contribution is -0.190. The minimum absolute atomic E-state index is 0.0344. The normalized spacial score (nSPS) is 11.4. The standard InChI is InChI=1S/C20H21NO7/c1-3-17(23)21(15(12-22)19(24)25)28-20(26)18-14(10-7-11-16(18)27-2)13-8-5-4-6-9-13/h4-11,15,22H,3,12H2,1-2H3,(H,24,25)/t15-/m0/s1. The lowest BCUT2D eigenvalue weighted by Gasteiger charge is -2.26. The highest BCUT2D eigenvalue weighted by atomic mass is 16.7. The Balaban J connectivity index is 2.49. The number of ether oxygens (including phenoxy) is 1. The van der Waals surface area contributed by atoms with E-state index in [2.05, 4.69) is 0 Å². The summed E-state index contributed by atoms with van der Waals surface area (Å²) in [7, 11) is 1.38. The van der Waals surface area contributed by atoms with E-state index in [9.17, 15) is 24.6 Å². The van der Waals surface area contributed by atoms with Crippen LogP contribution in [-0.2, 0) is 14.4 Å². The highest BCUT2D eigenvalue weighted by Crippen LogP contribution is 2.31. The first-order valence-electron chi connectivity index (χ1n) is 8.55. The molecule has 0 aromatic heterocycles. The number of aliphatic hydroxyl groups is 1. The molecule has 148 valence electrons. The Hall–Kier alpha value is -3.39. The molecule has 1 atom stereocenters. The Bertz CT molecular complexity index is 851. The molecule has 0 aliphatic rings. The number of benzene rings is 2. The number of hydrogen-bond donors (Lipinski definition) is 2. The van der Waals surface area contributed by atoms with Crippen LogP contribution in [0, 0.1) is 0 Å². The van der Waals surface area contributed by atoms with Crippen LogP contribution in [0.15, 0.2) is 48.5 Å². The zero-order valence-corrected chi connectivity index (χ0v) is 15.5. The molecule has 0 radical (unpaired) electrons. The summed E-state index contributed by atoms with van der Waals surface area (Å²) in [5, 5.41) is 19.0. The Kier molecular flexibility index (Phi) is 7.11. The van der Waals surface area contributed by atoms with Crippen molar-refractivity contribution < 1.29 is 34.2 Å². The maximum atomic E-state index is 12.9. The van der Waals surface area contributed by atoms with Crippen LogP contribution in [0.5, 0.6) is 5.75 Å². The van der Waals surface area contributed by atoms with Crippen molar-refractivity contribution in [2.45, 2.75) is 19.4 Å². The Morgan fingerprint density at radius 3 is 2.29 bits per heavy atom. The summed E-state index contributed by atoms with van der Waals surface area (Å²) in [6.45, 7) is 0.573. The molecule has 0 saturated heterocycles. The van der Waals surface area contributed by atoms with Crippen molar-refractivity contribution in [3.05, 3.63) is 54.1 Å². The number of hydrogen-bond acceptors (Lipinski definition) is 6. The van der Waals surface area contributed by atoms with Crippen LogP contribution < -0.4 is 4.74 Å². The molecule has 2 aromatic carbocycles.